The molecule has 1 aromatic heterocycles. The van der Waals surface area contributed by atoms with E-state index >= 15 is 0 Å². The maximum Gasteiger partial charge on any atom is 0.191 e. The molecule has 2 aliphatic rings. The summed E-state index contributed by atoms with van der Waals surface area (Å²) in [4.78, 5) is 8.21. The molecule has 27 heavy (non-hydrogen) atoms. The molecule has 1 aliphatic carbocycles. The second-order valence-corrected chi connectivity index (χ2v) is 14.8. The fourth-order valence-electron chi connectivity index (χ4n) is 3.53. The molecule has 0 radical (unpaired) electrons. The standard InChI is InChI=1S/C19H32ClN3O3Si/c1-18(2,3)27(6,7)24-10-12-8-13(17-16(12)25-19(4,5)26-17)23-15-9-14(20)21-11-22-15/h9,11-13,16-17H,8,10H2,1-7H3,(H,21,22,23)/t12-,13-,16-,17+/m1/s1. The fourth-order valence-corrected chi connectivity index (χ4v) is 4.74. The van der Waals surface area contributed by atoms with Crippen LogP contribution in [0.4, 0.5) is 5.82 Å². The van der Waals surface area contributed by atoms with Gasteiger partial charge in [-0.15, -0.1) is 0 Å². The number of ether oxygens (including phenoxy) is 2. The molecule has 2 heterocycles. The molecule has 1 saturated carbocycles. The zero-order valence-corrected chi connectivity index (χ0v) is 19.1. The van der Waals surface area contributed by atoms with Gasteiger partial charge in [-0.3, -0.25) is 0 Å². The summed E-state index contributed by atoms with van der Waals surface area (Å²) in [6.07, 6.45) is 2.34. The van der Waals surface area contributed by atoms with Gasteiger partial charge in [0, 0.05) is 18.6 Å². The van der Waals surface area contributed by atoms with E-state index in [1.807, 2.05) is 13.8 Å². The van der Waals surface area contributed by atoms with Crippen molar-refractivity contribution in [3.05, 3.63) is 17.5 Å². The van der Waals surface area contributed by atoms with Crippen LogP contribution in [0.5, 0.6) is 0 Å². The van der Waals surface area contributed by atoms with Crippen LogP contribution in [-0.4, -0.2) is 48.9 Å². The maximum atomic E-state index is 6.50. The van der Waals surface area contributed by atoms with Crippen LogP contribution in [0.15, 0.2) is 12.4 Å². The molecule has 1 aliphatic heterocycles. The molecule has 152 valence electrons. The normalized spacial score (nSPS) is 30.4. The van der Waals surface area contributed by atoms with Crippen LogP contribution in [-0.2, 0) is 13.9 Å². The molecule has 8 heteroatoms. The minimum Gasteiger partial charge on any atom is -0.416 e. The lowest BCUT2D eigenvalue weighted by molar-refractivity contribution is -0.158. The summed E-state index contributed by atoms with van der Waals surface area (Å²) in [6.45, 7) is 16.0. The van der Waals surface area contributed by atoms with Crippen LogP contribution >= 0.6 is 11.6 Å². The molecule has 1 saturated heterocycles. The maximum absolute atomic E-state index is 6.50. The molecule has 1 aromatic rings. The van der Waals surface area contributed by atoms with Crippen molar-refractivity contribution in [3.63, 3.8) is 0 Å². The predicted molar refractivity (Wildman–Crippen MR) is 110 cm³/mol. The quantitative estimate of drug-likeness (QED) is 0.567. The summed E-state index contributed by atoms with van der Waals surface area (Å²) < 4.78 is 19.0. The minimum atomic E-state index is -1.81. The Morgan fingerprint density at radius 3 is 2.56 bits per heavy atom. The van der Waals surface area contributed by atoms with Gasteiger partial charge in [0.15, 0.2) is 14.1 Å². The Balaban J connectivity index is 1.72. The number of hydrogen-bond donors (Lipinski definition) is 1. The van der Waals surface area contributed by atoms with Crippen molar-refractivity contribution in [1.82, 2.24) is 9.97 Å². The Bertz CT molecular complexity index is 680. The van der Waals surface area contributed by atoms with Crippen molar-refractivity contribution >= 4 is 25.7 Å². The Labute approximate surface area is 168 Å². The first-order valence-corrected chi connectivity index (χ1v) is 12.9. The monoisotopic (exact) mass is 413 g/mol. The topological polar surface area (TPSA) is 65.5 Å². The lowest BCUT2D eigenvalue weighted by atomic mass is 10.1. The average molecular weight is 414 g/mol. The third-order valence-corrected chi connectivity index (χ3v) is 10.7. The zero-order valence-electron chi connectivity index (χ0n) is 17.4. The van der Waals surface area contributed by atoms with E-state index in [0.717, 1.165) is 6.42 Å². The molecule has 0 aromatic carbocycles. The van der Waals surface area contributed by atoms with Gasteiger partial charge < -0.3 is 19.2 Å². The number of fused-ring (bicyclic) bond motifs is 1. The van der Waals surface area contributed by atoms with E-state index in [1.165, 1.54) is 6.33 Å². The van der Waals surface area contributed by atoms with Gasteiger partial charge in [-0.05, 0) is 38.4 Å². The van der Waals surface area contributed by atoms with E-state index in [4.69, 9.17) is 25.5 Å². The molecule has 2 fully saturated rings. The smallest absolute Gasteiger partial charge is 0.191 e. The Morgan fingerprint density at radius 1 is 1.26 bits per heavy atom. The molecular weight excluding hydrogens is 382 g/mol. The van der Waals surface area contributed by atoms with Gasteiger partial charge in [0.25, 0.3) is 0 Å². The van der Waals surface area contributed by atoms with E-state index in [-0.39, 0.29) is 29.2 Å². The number of nitrogens with zero attached hydrogens (tertiary/aromatic N) is 2. The highest BCUT2D eigenvalue weighted by Crippen LogP contribution is 2.44. The predicted octanol–water partition coefficient (Wildman–Crippen LogP) is 4.47. The molecule has 4 atom stereocenters. The number of aromatic nitrogens is 2. The third kappa shape index (κ3) is 4.64. The highest BCUT2D eigenvalue weighted by molar-refractivity contribution is 6.74. The number of rotatable bonds is 5. The van der Waals surface area contributed by atoms with E-state index in [2.05, 4.69) is 49.1 Å². The first-order valence-electron chi connectivity index (χ1n) is 9.62. The fraction of sp³-hybridized carbons (Fsp3) is 0.789. The van der Waals surface area contributed by atoms with Crippen LogP contribution in [0.25, 0.3) is 0 Å². The lowest BCUT2D eigenvalue weighted by Crippen LogP contribution is -2.43. The van der Waals surface area contributed by atoms with Crippen molar-refractivity contribution in [2.45, 2.75) is 83.2 Å². The SMILES string of the molecule is CC1(C)O[C@@H]2[C@@H](CO[Si](C)(C)C(C)(C)C)C[C@@H](Nc3cc(Cl)ncn3)[C@@H]2O1. The summed E-state index contributed by atoms with van der Waals surface area (Å²) >= 11 is 6.00. The number of hydrogen-bond acceptors (Lipinski definition) is 6. The highest BCUT2D eigenvalue weighted by Gasteiger charge is 2.54. The molecule has 0 unspecified atom stereocenters. The summed E-state index contributed by atoms with van der Waals surface area (Å²) in [5.74, 6) is 0.396. The summed E-state index contributed by atoms with van der Waals surface area (Å²) in [5, 5.41) is 4.07. The van der Waals surface area contributed by atoms with Gasteiger partial charge in [-0.25, -0.2) is 9.97 Å². The second-order valence-electron chi connectivity index (χ2n) is 9.61. The van der Waals surface area contributed by atoms with Crippen LogP contribution in [0.3, 0.4) is 0 Å². The van der Waals surface area contributed by atoms with Crippen molar-refractivity contribution in [2.24, 2.45) is 5.92 Å². The molecule has 6 nitrogen and oxygen atoms in total. The van der Waals surface area contributed by atoms with Crippen molar-refractivity contribution in [2.75, 3.05) is 11.9 Å². The van der Waals surface area contributed by atoms with Gasteiger partial charge in [-0.1, -0.05) is 32.4 Å². The van der Waals surface area contributed by atoms with E-state index in [1.54, 1.807) is 6.07 Å². The van der Waals surface area contributed by atoms with E-state index < -0.39 is 14.1 Å². The molecule has 0 bridgehead atoms. The van der Waals surface area contributed by atoms with Crippen molar-refractivity contribution < 1.29 is 13.9 Å². The third-order valence-electron chi connectivity index (χ3n) is 6.01. The Hall–Kier alpha value is -0.733. The lowest BCUT2D eigenvalue weighted by Gasteiger charge is -2.37. The van der Waals surface area contributed by atoms with Crippen LogP contribution in [0.1, 0.15) is 41.0 Å². The van der Waals surface area contributed by atoms with Crippen LogP contribution < -0.4 is 5.32 Å². The molecule has 0 amide bonds. The summed E-state index contributed by atoms with van der Waals surface area (Å²) in [7, 11) is -1.81. The minimum absolute atomic E-state index is 0.0135. The number of nitrogens with one attached hydrogen (secondary N) is 1. The van der Waals surface area contributed by atoms with Gasteiger partial charge >= 0.3 is 0 Å². The average Bonchev–Trinajstić information content (AvgIpc) is 2.99. The molecule has 3 rings (SSSR count). The van der Waals surface area contributed by atoms with Crippen molar-refractivity contribution in [3.8, 4) is 0 Å². The van der Waals surface area contributed by atoms with E-state index in [0.29, 0.717) is 17.6 Å². The highest BCUT2D eigenvalue weighted by atomic mass is 35.5. The zero-order chi connectivity index (χ0) is 20.0. The Kier molecular flexibility index (Phi) is 5.64. The van der Waals surface area contributed by atoms with Crippen molar-refractivity contribution in [1.29, 1.82) is 0 Å². The number of halogens is 1. The van der Waals surface area contributed by atoms with Crippen LogP contribution in [0, 0.1) is 5.92 Å². The molecule has 0 spiro atoms. The summed E-state index contributed by atoms with van der Waals surface area (Å²) in [6, 6.07) is 1.83. The van der Waals surface area contributed by atoms with Gasteiger partial charge in [0.2, 0.25) is 0 Å². The largest absolute Gasteiger partial charge is 0.416 e. The molecule has 1 N–H and O–H groups in total. The number of anilines is 1. The van der Waals surface area contributed by atoms with Crippen LogP contribution in [0.2, 0.25) is 23.3 Å². The van der Waals surface area contributed by atoms with Gasteiger partial charge in [0.05, 0.1) is 12.1 Å². The van der Waals surface area contributed by atoms with Gasteiger partial charge in [0.1, 0.15) is 23.4 Å². The molecular formula is C19H32ClN3O3Si. The van der Waals surface area contributed by atoms with Gasteiger partial charge in [-0.2, -0.15) is 0 Å². The second kappa shape index (κ2) is 7.26. The van der Waals surface area contributed by atoms with E-state index in [9.17, 15) is 0 Å². The first-order chi connectivity index (χ1) is 12.4. The Morgan fingerprint density at radius 2 is 1.93 bits per heavy atom. The first kappa shape index (κ1) is 21.0. The summed E-state index contributed by atoms with van der Waals surface area (Å²) in [5.41, 5.74) is 0.